The third kappa shape index (κ3) is 3.74. The number of carbonyl (C=O) groups excluding carboxylic acids is 1. The Morgan fingerprint density at radius 1 is 1.60 bits per heavy atom. The highest BCUT2D eigenvalue weighted by Crippen LogP contribution is 2.23. The predicted molar refractivity (Wildman–Crippen MR) is 53.8 cm³/mol. The Morgan fingerprint density at radius 2 is 2.27 bits per heavy atom. The van der Waals surface area contributed by atoms with E-state index in [0.29, 0.717) is 6.54 Å². The van der Waals surface area contributed by atoms with Crippen molar-refractivity contribution in [1.82, 2.24) is 10.6 Å². The van der Waals surface area contributed by atoms with E-state index in [1.165, 1.54) is 0 Å². The first-order valence-corrected chi connectivity index (χ1v) is 5.31. The van der Waals surface area contributed by atoms with Crippen molar-refractivity contribution in [2.45, 2.75) is 38.7 Å². The normalized spacial score (nSPS) is 22.1. The zero-order chi connectivity index (χ0) is 11.5. The van der Waals surface area contributed by atoms with Gasteiger partial charge in [-0.3, -0.25) is 4.79 Å². The van der Waals surface area contributed by atoms with E-state index < -0.39 is 11.8 Å². The summed E-state index contributed by atoms with van der Waals surface area (Å²) < 4.78 is 26.6. The molecule has 1 unspecified atom stereocenters. The molecule has 88 valence electrons. The van der Waals surface area contributed by atoms with E-state index in [1.807, 2.05) is 0 Å². The van der Waals surface area contributed by atoms with Crippen LogP contribution in [0.2, 0.25) is 0 Å². The monoisotopic (exact) mass is 220 g/mol. The van der Waals surface area contributed by atoms with Gasteiger partial charge in [0.1, 0.15) is 0 Å². The number of carbonyl (C=O) groups is 1. The Labute approximate surface area is 88.6 Å². The molecule has 0 radical (unpaired) electrons. The molecule has 0 aliphatic carbocycles. The first kappa shape index (κ1) is 12.4. The van der Waals surface area contributed by atoms with Crippen LogP contribution in [-0.2, 0) is 4.79 Å². The fraction of sp³-hybridized carbons (Fsp3) is 0.900. The van der Waals surface area contributed by atoms with E-state index in [4.69, 9.17) is 0 Å². The van der Waals surface area contributed by atoms with Crippen LogP contribution >= 0.6 is 0 Å². The summed E-state index contributed by atoms with van der Waals surface area (Å²) in [4.78, 5) is 11.3. The van der Waals surface area contributed by atoms with Gasteiger partial charge in [0.05, 0.1) is 0 Å². The molecule has 3 nitrogen and oxygen atoms in total. The van der Waals surface area contributed by atoms with Crippen LogP contribution in [0.3, 0.4) is 0 Å². The number of halogens is 2. The van der Waals surface area contributed by atoms with Crippen LogP contribution in [0.5, 0.6) is 0 Å². The number of amides is 1. The molecule has 0 spiro atoms. The van der Waals surface area contributed by atoms with Gasteiger partial charge in [-0.25, -0.2) is 0 Å². The summed E-state index contributed by atoms with van der Waals surface area (Å²) in [6, 6.07) is -0.143. The predicted octanol–water partition coefficient (Wildman–Crippen LogP) is 1.15. The first-order chi connectivity index (χ1) is 6.92. The SMILES string of the molecule is CC(C)CC(F)(F)C(=O)NC1CCNC1. The van der Waals surface area contributed by atoms with E-state index in [2.05, 4.69) is 10.6 Å². The van der Waals surface area contributed by atoms with Crippen molar-refractivity contribution in [1.29, 1.82) is 0 Å². The van der Waals surface area contributed by atoms with Crippen LogP contribution in [0.15, 0.2) is 0 Å². The van der Waals surface area contributed by atoms with E-state index in [1.54, 1.807) is 13.8 Å². The molecule has 1 atom stereocenters. The smallest absolute Gasteiger partial charge is 0.324 e. The number of rotatable bonds is 4. The fourth-order valence-electron chi connectivity index (χ4n) is 1.67. The summed E-state index contributed by atoms with van der Waals surface area (Å²) in [5.74, 6) is -4.56. The third-order valence-corrected chi connectivity index (χ3v) is 2.39. The van der Waals surface area contributed by atoms with E-state index >= 15 is 0 Å². The van der Waals surface area contributed by atoms with Gasteiger partial charge in [0.25, 0.3) is 5.91 Å². The zero-order valence-corrected chi connectivity index (χ0v) is 9.15. The van der Waals surface area contributed by atoms with Gasteiger partial charge in [-0.2, -0.15) is 8.78 Å². The minimum Gasteiger partial charge on any atom is -0.347 e. The maximum absolute atomic E-state index is 13.3. The Balaban J connectivity index is 2.43. The number of alkyl halides is 2. The second kappa shape index (κ2) is 4.88. The second-order valence-electron chi connectivity index (χ2n) is 4.47. The molecule has 1 heterocycles. The molecule has 1 fully saturated rings. The van der Waals surface area contributed by atoms with Crippen LogP contribution in [0.1, 0.15) is 26.7 Å². The van der Waals surface area contributed by atoms with Crippen LogP contribution in [0, 0.1) is 5.92 Å². The van der Waals surface area contributed by atoms with Crippen molar-refractivity contribution in [2.75, 3.05) is 13.1 Å². The molecular weight excluding hydrogens is 202 g/mol. The summed E-state index contributed by atoms with van der Waals surface area (Å²) in [7, 11) is 0. The minimum absolute atomic E-state index is 0.143. The molecule has 1 rings (SSSR count). The van der Waals surface area contributed by atoms with Crippen LogP contribution < -0.4 is 10.6 Å². The average Bonchev–Trinajstić information content (AvgIpc) is 2.54. The Bertz CT molecular complexity index is 225. The number of nitrogens with one attached hydrogen (secondary N) is 2. The van der Waals surface area contributed by atoms with Gasteiger partial charge in [0.2, 0.25) is 0 Å². The molecule has 1 saturated heterocycles. The summed E-state index contributed by atoms with van der Waals surface area (Å²) in [5, 5.41) is 5.38. The molecule has 0 bridgehead atoms. The van der Waals surface area contributed by atoms with Gasteiger partial charge in [-0.1, -0.05) is 13.8 Å². The fourth-order valence-corrected chi connectivity index (χ4v) is 1.67. The number of hydrogen-bond acceptors (Lipinski definition) is 2. The van der Waals surface area contributed by atoms with Crippen LogP contribution in [0.25, 0.3) is 0 Å². The molecular formula is C10H18F2N2O. The Morgan fingerprint density at radius 3 is 2.73 bits per heavy atom. The van der Waals surface area contributed by atoms with Gasteiger partial charge < -0.3 is 10.6 Å². The molecule has 0 aromatic carbocycles. The van der Waals surface area contributed by atoms with E-state index in [0.717, 1.165) is 13.0 Å². The molecule has 1 aliphatic rings. The first-order valence-electron chi connectivity index (χ1n) is 5.31. The van der Waals surface area contributed by atoms with Crippen molar-refractivity contribution in [3.8, 4) is 0 Å². The molecule has 5 heteroatoms. The summed E-state index contributed by atoms with van der Waals surface area (Å²) in [6.45, 7) is 4.72. The molecule has 15 heavy (non-hydrogen) atoms. The Kier molecular flexibility index (Phi) is 4.02. The maximum atomic E-state index is 13.3. The van der Waals surface area contributed by atoms with Crippen molar-refractivity contribution in [2.24, 2.45) is 5.92 Å². The largest absolute Gasteiger partial charge is 0.347 e. The molecule has 2 N–H and O–H groups in total. The van der Waals surface area contributed by atoms with Gasteiger partial charge in [-0.05, 0) is 18.9 Å². The highest BCUT2D eigenvalue weighted by Gasteiger charge is 2.40. The van der Waals surface area contributed by atoms with Crippen LogP contribution in [0.4, 0.5) is 8.78 Å². The third-order valence-electron chi connectivity index (χ3n) is 2.39. The second-order valence-corrected chi connectivity index (χ2v) is 4.47. The maximum Gasteiger partial charge on any atom is 0.324 e. The summed E-state index contributed by atoms with van der Waals surface area (Å²) >= 11 is 0. The standard InChI is InChI=1S/C10H18F2N2O/c1-7(2)5-10(11,12)9(15)14-8-3-4-13-6-8/h7-8,13H,3-6H2,1-2H3,(H,14,15). The van der Waals surface area contributed by atoms with E-state index in [-0.39, 0.29) is 18.4 Å². The molecule has 0 aromatic rings. The van der Waals surface area contributed by atoms with Gasteiger partial charge in [0.15, 0.2) is 0 Å². The lowest BCUT2D eigenvalue weighted by Gasteiger charge is -2.20. The lowest BCUT2D eigenvalue weighted by Crippen LogP contribution is -2.46. The molecule has 1 amide bonds. The highest BCUT2D eigenvalue weighted by atomic mass is 19.3. The van der Waals surface area contributed by atoms with Crippen molar-refractivity contribution in [3.63, 3.8) is 0 Å². The van der Waals surface area contributed by atoms with Crippen molar-refractivity contribution >= 4 is 5.91 Å². The summed E-state index contributed by atoms with van der Waals surface area (Å²) in [5.41, 5.74) is 0. The molecule has 0 aromatic heterocycles. The molecule has 1 aliphatic heterocycles. The van der Waals surface area contributed by atoms with Crippen LogP contribution in [-0.4, -0.2) is 31.0 Å². The Hall–Kier alpha value is -0.710. The zero-order valence-electron chi connectivity index (χ0n) is 9.15. The topological polar surface area (TPSA) is 41.1 Å². The highest BCUT2D eigenvalue weighted by molar-refractivity contribution is 5.83. The van der Waals surface area contributed by atoms with Gasteiger partial charge >= 0.3 is 5.92 Å². The van der Waals surface area contributed by atoms with Gasteiger partial charge in [0, 0.05) is 19.0 Å². The van der Waals surface area contributed by atoms with E-state index in [9.17, 15) is 13.6 Å². The average molecular weight is 220 g/mol. The quantitative estimate of drug-likeness (QED) is 0.746. The summed E-state index contributed by atoms with van der Waals surface area (Å²) in [6.07, 6.45) is 0.336. The minimum atomic E-state index is -3.24. The molecule has 0 saturated carbocycles. The lowest BCUT2D eigenvalue weighted by atomic mass is 10.0. The van der Waals surface area contributed by atoms with Crippen molar-refractivity contribution < 1.29 is 13.6 Å². The van der Waals surface area contributed by atoms with Crippen molar-refractivity contribution in [3.05, 3.63) is 0 Å². The lowest BCUT2D eigenvalue weighted by molar-refractivity contribution is -0.148. The number of hydrogen-bond donors (Lipinski definition) is 2. The van der Waals surface area contributed by atoms with Gasteiger partial charge in [-0.15, -0.1) is 0 Å².